The highest BCUT2D eigenvalue weighted by Gasteiger charge is 2.14. The van der Waals surface area contributed by atoms with Gasteiger partial charge in [0.05, 0.1) is 5.56 Å². The zero-order chi connectivity index (χ0) is 21.9. The Morgan fingerprint density at radius 3 is 1.55 bits per heavy atom. The Hall–Kier alpha value is -2.55. The van der Waals surface area contributed by atoms with Gasteiger partial charge in [0, 0.05) is 49.2 Å². The van der Waals surface area contributed by atoms with E-state index < -0.39 is 0 Å². The molecular weight excluding hydrogens is 378 g/mol. The van der Waals surface area contributed by atoms with E-state index in [1.807, 2.05) is 0 Å². The average molecular weight is 419 g/mol. The number of aryl methyl sites for hydroxylation is 3. The first kappa shape index (κ1) is 23.1. The van der Waals surface area contributed by atoms with Crippen LogP contribution < -0.4 is 13.7 Å². The second-order valence-electron chi connectivity index (χ2n) is 8.68. The van der Waals surface area contributed by atoms with Gasteiger partial charge in [-0.2, -0.15) is 0 Å². The topological polar surface area (TPSA) is 11.6 Å². The molecule has 3 heterocycles. The summed E-state index contributed by atoms with van der Waals surface area (Å²) in [5.41, 5.74) is 5.04. The van der Waals surface area contributed by atoms with Crippen molar-refractivity contribution in [3.8, 4) is 22.4 Å². The van der Waals surface area contributed by atoms with E-state index >= 15 is 0 Å². The van der Waals surface area contributed by atoms with Crippen molar-refractivity contribution in [1.82, 2.24) is 0 Å². The Bertz CT molecular complexity index is 914. The molecular formula is C28H40N3+3. The monoisotopic (exact) mass is 418 g/mol. The van der Waals surface area contributed by atoms with Gasteiger partial charge in [-0.15, -0.1) is 0 Å². The molecule has 3 nitrogen and oxygen atoms in total. The predicted octanol–water partition coefficient (Wildman–Crippen LogP) is 5.58. The van der Waals surface area contributed by atoms with Crippen LogP contribution in [-0.4, -0.2) is 0 Å². The summed E-state index contributed by atoms with van der Waals surface area (Å²) in [6, 6.07) is 13.5. The maximum atomic E-state index is 2.31. The molecule has 0 aliphatic heterocycles. The first-order chi connectivity index (χ1) is 15.2. The van der Waals surface area contributed by atoms with Gasteiger partial charge < -0.3 is 0 Å². The third kappa shape index (κ3) is 6.99. The van der Waals surface area contributed by atoms with Gasteiger partial charge in [0.1, 0.15) is 20.1 Å². The minimum atomic E-state index is 1.11. The number of unbranched alkanes of at least 4 members (excludes halogenated alkanes) is 6. The minimum absolute atomic E-state index is 1.11. The van der Waals surface area contributed by atoms with Crippen LogP contribution in [0.15, 0.2) is 67.4 Å². The summed E-state index contributed by atoms with van der Waals surface area (Å²) in [6.45, 7) is 6.74. The SMILES string of the molecule is CCCCCC[n+]1ccc(-c2cc[n+](C)c(-c3cc[n+](CCCCCC)cc3)c2)cc1. The molecule has 0 aliphatic carbocycles. The summed E-state index contributed by atoms with van der Waals surface area (Å²) < 4.78 is 6.82. The molecule has 0 aromatic carbocycles. The third-order valence-corrected chi connectivity index (χ3v) is 6.10. The van der Waals surface area contributed by atoms with E-state index in [0.29, 0.717) is 0 Å². The molecule has 3 aromatic rings. The zero-order valence-electron chi connectivity index (χ0n) is 19.8. The van der Waals surface area contributed by atoms with Crippen molar-refractivity contribution in [1.29, 1.82) is 0 Å². The number of pyridine rings is 3. The van der Waals surface area contributed by atoms with Crippen LogP contribution in [0.2, 0.25) is 0 Å². The lowest BCUT2D eigenvalue weighted by molar-refractivity contribution is -0.697. The summed E-state index contributed by atoms with van der Waals surface area (Å²) in [7, 11) is 2.13. The molecule has 0 saturated heterocycles. The van der Waals surface area contributed by atoms with Crippen LogP contribution in [0.25, 0.3) is 22.4 Å². The van der Waals surface area contributed by atoms with Crippen LogP contribution in [-0.2, 0) is 20.1 Å². The molecule has 0 amide bonds. The number of nitrogens with zero attached hydrogens (tertiary/aromatic N) is 3. The molecule has 0 N–H and O–H groups in total. The summed E-state index contributed by atoms with van der Waals surface area (Å²) in [5, 5.41) is 0. The Kier molecular flexibility index (Phi) is 9.20. The molecule has 0 saturated carbocycles. The van der Waals surface area contributed by atoms with Crippen LogP contribution in [0.1, 0.15) is 65.2 Å². The number of hydrogen-bond donors (Lipinski definition) is 0. The van der Waals surface area contributed by atoms with Crippen LogP contribution in [0.5, 0.6) is 0 Å². The van der Waals surface area contributed by atoms with Crippen molar-refractivity contribution in [2.24, 2.45) is 7.05 Å². The quantitative estimate of drug-likeness (QED) is 0.269. The van der Waals surface area contributed by atoms with E-state index in [-0.39, 0.29) is 0 Å². The highest BCUT2D eigenvalue weighted by Crippen LogP contribution is 2.22. The Morgan fingerprint density at radius 2 is 1.03 bits per heavy atom. The van der Waals surface area contributed by atoms with E-state index in [1.54, 1.807) is 0 Å². The Morgan fingerprint density at radius 1 is 0.548 bits per heavy atom. The largest absolute Gasteiger partial charge is 0.213 e. The fourth-order valence-electron chi connectivity index (χ4n) is 4.05. The van der Waals surface area contributed by atoms with Crippen LogP contribution in [0.4, 0.5) is 0 Å². The Labute approximate surface area is 189 Å². The predicted molar refractivity (Wildman–Crippen MR) is 127 cm³/mol. The lowest BCUT2D eigenvalue weighted by Gasteiger charge is -2.05. The molecule has 0 fully saturated rings. The molecule has 3 heteroatoms. The van der Waals surface area contributed by atoms with Crippen LogP contribution in [0.3, 0.4) is 0 Å². The minimum Gasteiger partial charge on any atom is -0.205 e. The van der Waals surface area contributed by atoms with Gasteiger partial charge in [0.2, 0.25) is 5.69 Å². The normalized spacial score (nSPS) is 11.1. The lowest BCUT2D eigenvalue weighted by Crippen LogP contribution is -2.34. The first-order valence-corrected chi connectivity index (χ1v) is 12.2. The maximum absolute atomic E-state index is 2.31. The number of rotatable bonds is 12. The third-order valence-electron chi connectivity index (χ3n) is 6.10. The van der Waals surface area contributed by atoms with Crippen molar-refractivity contribution in [2.75, 3.05) is 0 Å². The van der Waals surface area contributed by atoms with E-state index in [9.17, 15) is 0 Å². The molecule has 0 unspecified atom stereocenters. The van der Waals surface area contributed by atoms with E-state index in [4.69, 9.17) is 0 Å². The molecule has 3 aromatic heterocycles. The first-order valence-electron chi connectivity index (χ1n) is 12.2. The van der Waals surface area contributed by atoms with Gasteiger partial charge in [0.15, 0.2) is 31.0 Å². The molecule has 31 heavy (non-hydrogen) atoms. The van der Waals surface area contributed by atoms with Crippen molar-refractivity contribution < 1.29 is 13.7 Å². The van der Waals surface area contributed by atoms with Crippen molar-refractivity contribution in [3.63, 3.8) is 0 Å². The lowest BCUT2D eigenvalue weighted by atomic mass is 10.0. The molecule has 0 aliphatic rings. The van der Waals surface area contributed by atoms with Crippen LogP contribution in [0, 0.1) is 0 Å². The summed E-state index contributed by atoms with van der Waals surface area (Å²) >= 11 is 0. The molecule has 164 valence electrons. The Balaban J connectivity index is 1.68. The van der Waals surface area contributed by atoms with Crippen molar-refractivity contribution >= 4 is 0 Å². The summed E-state index contributed by atoms with van der Waals surface area (Å²) in [5.74, 6) is 0. The van der Waals surface area contributed by atoms with Gasteiger partial charge >= 0.3 is 0 Å². The van der Waals surface area contributed by atoms with Crippen molar-refractivity contribution in [2.45, 2.75) is 78.3 Å². The van der Waals surface area contributed by atoms with E-state index in [0.717, 1.165) is 13.1 Å². The number of aromatic nitrogens is 3. The van der Waals surface area contributed by atoms with E-state index in [1.165, 1.54) is 73.8 Å². The average Bonchev–Trinajstić information content (AvgIpc) is 2.81. The zero-order valence-corrected chi connectivity index (χ0v) is 19.8. The molecule has 0 radical (unpaired) electrons. The highest BCUT2D eigenvalue weighted by molar-refractivity contribution is 5.67. The summed E-state index contributed by atoms with van der Waals surface area (Å²) in [6.07, 6.45) is 21.4. The smallest absolute Gasteiger partial charge is 0.205 e. The van der Waals surface area contributed by atoms with E-state index in [2.05, 4.69) is 102 Å². The fourth-order valence-corrected chi connectivity index (χ4v) is 4.05. The van der Waals surface area contributed by atoms with Gasteiger partial charge in [-0.3, -0.25) is 0 Å². The molecule has 3 rings (SSSR count). The molecule has 0 bridgehead atoms. The molecule has 0 atom stereocenters. The van der Waals surface area contributed by atoms with Crippen molar-refractivity contribution in [3.05, 3.63) is 67.4 Å². The highest BCUT2D eigenvalue weighted by atomic mass is 14.9. The standard InChI is InChI=1S/C28H40N3/c1-4-6-8-10-17-30-20-13-25(14-21-30)27-12-19-29(3)28(24-27)26-15-22-31(23-16-26)18-11-9-7-5-2/h12-16,19-24H,4-11,17-18H2,1-3H3/q+3. The summed E-state index contributed by atoms with van der Waals surface area (Å²) in [4.78, 5) is 0. The van der Waals surface area contributed by atoms with Gasteiger partial charge in [0.25, 0.3) is 0 Å². The molecule has 0 spiro atoms. The second-order valence-corrected chi connectivity index (χ2v) is 8.68. The second kappa shape index (κ2) is 12.3. The van der Waals surface area contributed by atoms with Crippen LogP contribution >= 0.6 is 0 Å². The van der Waals surface area contributed by atoms with Gasteiger partial charge in [-0.05, 0) is 24.0 Å². The van der Waals surface area contributed by atoms with Gasteiger partial charge in [-0.1, -0.05) is 39.5 Å². The number of hydrogen-bond acceptors (Lipinski definition) is 0. The fraction of sp³-hybridized carbons (Fsp3) is 0.464. The maximum Gasteiger partial charge on any atom is 0.213 e. The van der Waals surface area contributed by atoms with Gasteiger partial charge in [-0.25, -0.2) is 13.7 Å².